The second-order valence-electron chi connectivity index (χ2n) is 3.96. The SMILES string of the molecule is OP(Cl)Oc1cc2ccccc2c2ccccc12. The van der Waals surface area contributed by atoms with E-state index < -0.39 is 7.73 Å². The molecule has 1 N–H and O–H groups in total. The first-order valence-electron chi connectivity index (χ1n) is 5.49. The van der Waals surface area contributed by atoms with Gasteiger partial charge in [-0.05, 0) is 33.5 Å². The Morgan fingerprint density at radius 1 is 0.889 bits per heavy atom. The Balaban J connectivity index is 2.39. The zero-order valence-corrected chi connectivity index (χ0v) is 11.0. The highest BCUT2D eigenvalue weighted by Gasteiger charge is 2.10. The largest absolute Gasteiger partial charge is 0.435 e. The summed E-state index contributed by atoms with van der Waals surface area (Å²) in [5, 5.41) is 4.29. The van der Waals surface area contributed by atoms with Gasteiger partial charge in [0.2, 0.25) is 0 Å². The van der Waals surface area contributed by atoms with E-state index in [-0.39, 0.29) is 0 Å². The highest BCUT2D eigenvalue weighted by molar-refractivity contribution is 7.75. The standard InChI is InChI=1S/C14H10ClO2P/c15-18(16)17-14-9-10-5-1-2-6-11(10)12-7-3-4-8-13(12)14/h1-9,16H. The third kappa shape index (κ3) is 2.04. The van der Waals surface area contributed by atoms with Crippen molar-refractivity contribution in [3.63, 3.8) is 0 Å². The van der Waals surface area contributed by atoms with Crippen LogP contribution in [0, 0.1) is 0 Å². The molecule has 0 aliphatic rings. The summed E-state index contributed by atoms with van der Waals surface area (Å²) < 4.78 is 5.32. The first kappa shape index (κ1) is 11.7. The highest BCUT2D eigenvalue weighted by atomic mass is 35.7. The molecule has 90 valence electrons. The quantitative estimate of drug-likeness (QED) is 0.536. The van der Waals surface area contributed by atoms with Gasteiger partial charge >= 0.3 is 7.73 Å². The summed E-state index contributed by atoms with van der Waals surface area (Å²) in [6.07, 6.45) is 0. The molecule has 1 atom stereocenters. The first-order valence-corrected chi connectivity index (χ1v) is 7.61. The van der Waals surface area contributed by atoms with Crippen LogP contribution in [0.1, 0.15) is 0 Å². The smallest absolute Gasteiger partial charge is 0.335 e. The van der Waals surface area contributed by atoms with E-state index >= 15 is 0 Å². The van der Waals surface area contributed by atoms with Gasteiger partial charge in [0.05, 0.1) is 0 Å². The van der Waals surface area contributed by atoms with Gasteiger partial charge in [0.25, 0.3) is 0 Å². The lowest BCUT2D eigenvalue weighted by molar-refractivity contribution is 0.510. The van der Waals surface area contributed by atoms with Gasteiger partial charge in [0.1, 0.15) is 5.75 Å². The van der Waals surface area contributed by atoms with Crippen LogP contribution in [0.2, 0.25) is 0 Å². The summed E-state index contributed by atoms with van der Waals surface area (Å²) in [4.78, 5) is 9.25. The molecule has 0 bridgehead atoms. The molecule has 0 radical (unpaired) electrons. The maximum absolute atomic E-state index is 9.25. The number of hydrogen-bond donors (Lipinski definition) is 1. The zero-order chi connectivity index (χ0) is 12.5. The van der Waals surface area contributed by atoms with Crippen molar-refractivity contribution in [1.29, 1.82) is 0 Å². The molecule has 0 aromatic heterocycles. The van der Waals surface area contributed by atoms with E-state index in [0.29, 0.717) is 5.75 Å². The molecule has 4 heteroatoms. The fourth-order valence-corrected chi connectivity index (χ4v) is 2.71. The molecular weight excluding hydrogens is 267 g/mol. The van der Waals surface area contributed by atoms with Crippen LogP contribution >= 0.6 is 19.0 Å². The third-order valence-electron chi connectivity index (χ3n) is 2.90. The van der Waals surface area contributed by atoms with Crippen LogP contribution in [0.3, 0.4) is 0 Å². The van der Waals surface area contributed by atoms with Crippen molar-refractivity contribution >= 4 is 40.5 Å². The van der Waals surface area contributed by atoms with Crippen LogP contribution in [-0.4, -0.2) is 4.89 Å². The second kappa shape index (κ2) is 4.74. The second-order valence-corrected chi connectivity index (χ2v) is 5.46. The van der Waals surface area contributed by atoms with E-state index in [1.807, 2.05) is 48.5 Å². The van der Waals surface area contributed by atoms with Crippen molar-refractivity contribution in [2.75, 3.05) is 0 Å². The molecule has 0 amide bonds. The first-order chi connectivity index (χ1) is 8.75. The summed E-state index contributed by atoms with van der Waals surface area (Å²) in [6, 6.07) is 17.9. The maximum atomic E-state index is 9.25. The molecule has 0 heterocycles. The fourth-order valence-electron chi connectivity index (χ4n) is 2.18. The molecule has 3 aromatic rings. The molecule has 1 unspecified atom stereocenters. The molecule has 3 rings (SSSR count). The van der Waals surface area contributed by atoms with E-state index in [1.165, 1.54) is 0 Å². The molecule has 0 saturated carbocycles. The van der Waals surface area contributed by atoms with E-state index in [2.05, 4.69) is 6.07 Å². The topological polar surface area (TPSA) is 29.5 Å². The minimum atomic E-state index is -1.93. The summed E-state index contributed by atoms with van der Waals surface area (Å²) in [7, 11) is -1.93. The van der Waals surface area contributed by atoms with Gasteiger partial charge in [-0.1, -0.05) is 48.5 Å². The zero-order valence-electron chi connectivity index (χ0n) is 9.38. The van der Waals surface area contributed by atoms with Gasteiger partial charge in [-0.3, -0.25) is 0 Å². The van der Waals surface area contributed by atoms with Crippen LogP contribution in [0.5, 0.6) is 5.75 Å². The van der Waals surface area contributed by atoms with E-state index in [4.69, 9.17) is 15.8 Å². The summed E-state index contributed by atoms with van der Waals surface area (Å²) in [6.45, 7) is 0. The molecular formula is C14H10ClO2P. The van der Waals surface area contributed by atoms with Crippen LogP contribution in [0.15, 0.2) is 54.6 Å². The number of fused-ring (bicyclic) bond motifs is 3. The maximum Gasteiger partial charge on any atom is 0.335 e. The molecule has 0 spiro atoms. The molecule has 0 aliphatic carbocycles. The minimum absolute atomic E-state index is 0.618. The molecule has 0 aliphatic heterocycles. The Labute approximate surface area is 110 Å². The third-order valence-corrected chi connectivity index (χ3v) is 3.46. The Hall–Kier alpha value is -1.34. The average Bonchev–Trinajstić information content (AvgIpc) is 2.38. The highest BCUT2D eigenvalue weighted by Crippen LogP contribution is 2.43. The van der Waals surface area contributed by atoms with Crippen molar-refractivity contribution in [2.24, 2.45) is 0 Å². The number of rotatable bonds is 2. The predicted octanol–water partition coefficient (Wildman–Crippen LogP) is 4.83. The Morgan fingerprint density at radius 3 is 2.22 bits per heavy atom. The van der Waals surface area contributed by atoms with E-state index in [0.717, 1.165) is 21.5 Å². The van der Waals surface area contributed by atoms with Gasteiger partial charge < -0.3 is 9.42 Å². The normalized spacial score (nSPS) is 12.8. The van der Waals surface area contributed by atoms with Crippen LogP contribution < -0.4 is 4.52 Å². The molecule has 2 nitrogen and oxygen atoms in total. The molecule has 3 aromatic carbocycles. The number of halogens is 1. The minimum Gasteiger partial charge on any atom is -0.435 e. The fraction of sp³-hybridized carbons (Fsp3) is 0. The molecule has 0 fully saturated rings. The van der Waals surface area contributed by atoms with Gasteiger partial charge in [-0.25, -0.2) is 0 Å². The lowest BCUT2D eigenvalue weighted by Crippen LogP contribution is -1.85. The van der Waals surface area contributed by atoms with Gasteiger partial charge in [0, 0.05) is 5.39 Å². The molecule has 18 heavy (non-hydrogen) atoms. The summed E-state index contributed by atoms with van der Waals surface area (Å²) in [5.41, 5.74) is 0. The van der Waals surface area contributed by atoms with Gasteiger partial charge in [0.15, 0.2) is 0 Å². The van der Waals surface area contributed by atoms with Crippen molar-refractivity contribution in [1.82, 2.24) is 0 Å². The van der Waals surface area contributed by atoms with E-state index in [9.17, 15) is 4.89 Å². The van der Waals surface area contributed by atoms with E-state index in [1.54, 1.807) is 0 Å². The van der Waals surface area contributed by atoms with Crippen molar-refractivity contribution in [2.45, 2.75) is 0 Å². The van der Waals surface area contributed by atoms with Crippen LogP contribution in [0.25, 0.3) is 21.5 Å². The molecule has 0 saturated heterocycles. The summed E-state index contributed by atoms with van der Waals surface area (Å²) in [5.74, 6) is 0.618. The predicted molar refractivity (Wildman–Crippen MR) is 77.1 cm³/mol. The average molecular weight is 277 g/mol. The lowest BCUT2D eigenvalue weighted by Gasteiger charge is -2.11. The van der Waals surface area contributed by atoms with Crippen molar-refractivity contribution in [3.05, 3.63) is 54.6 Å². The van der Waals surface area contributed by atoms with Crippen molar-refractivity contribution in [3.8, 4) is 5.75 Å². The van der Waals surface area contributed by atoms with Gasteiger partial charge in [-0.15, -0.1) is 0 Å². The number of benzene rings is 3. The Morgan fingerprint density at radius 2 is 1.50 bits per heavy atom. The van der Waals surface area contributed by atoms with Crippen LogP contribution in [0.4, 0.5) is 0 Å². The van der Waals surface area contributed by atoms with Gasteiger partial charge in [-0.2, -0.15) is 0 Å². The monoisotopic (exact) mass is 276 g/mol. The Bertz CT molecular complexity index is 712. The lowest BCUT2D eigenvalue weighted by atomic mass is 10.0. The number of hydrogen-bond acceptors (Lipinski definition) is 2. The Kier molecular flexibility index (Phi) is 3.09. The summed E-state index contributed by atoms with van der Waals surface area (Å²) >= 11 is 5.56. The van der Waals surface area contributed by atoms with Crippen LogP contribution in [-0.2, 0) is 0 Å². The van der Waals surface area contributed by atoms with Crippen molar-refractivity contribution < 1.29 is 9.42 Å².